The van der Waals surface area contributed by atoms with Crippen LogP contribution in [0.25, 0.3) is 0 Å². The Bertz CT molecular complexity index is 624. The van der Waals surface area contributed by atoms with Gasteiger partial charge in [-0.2, -0.15) is 0 Å². The second-order valence-corrected chi connectivity index (χ2v) is 7.22. The van der Waals surface area contributed by atoms with Gasteiger partial charge in [0.1, 0.15) is 0 Å². The molecule has 1 aliphatic rings. The molecule has 1 aromatic rings. The van der Waals surface area contributed by atoms with E-state index >= 15 is 0 Å². The lowest BCUT2D eigenvalue weighted by atomic mass is 10.1. The number of amides is 1. The molecule has 6 nitrogen and oxygen atoms in total. The van der Waals surface area contributed by atoms with Crippen LogP contribution < -0.4 is 4.72 Å². The van der Waals surface area contributed by atoms with Gasteiger partial charge in [-0.05, 0) is 25.0 Å². The van der Waals surface area contributed by atoms with Gasteiger partial charge in [-0.15, -0.1) is 0 Å². The molecule has 122 valence electrons. The van der Waals surface area contributed by atoms with Crippen molar-refractivity contribution in [1.29, 1.82) is 0 Å². The van der Waals surface area contributed by atoms with Gasteiger partial charge in [0.2, 0.25) is 15.9 Å². The van der Waals surface area contributed by atoms with Gasteiger partial charge in [-0.1, -0.05) is 24.3 Å². The van der Waals surface area contributed by atoms with Gasteiger partial charge in [-0.25, -0.2) is 13.1 Å². The molecule has 1 N–H and O–H groups in total. The van der Waals surface area contributed by atoms with E-state index in [1.165, 1.54) is 0 Å². The Morgan fingerprint density at radius 3 is 2.59 bits per heavy atom. The van der Waals surface area contributed by atoms with Crippen LogP contribution in [-0.4, -0.2) is 51.6 Å². The minimum absolute atomic E-state index is 0.125. The van der Waals surface area contributed by atoms with Crippen molar-refractivity contribution in [3.8, 4) is 0 Å². The van der Waals surface area contributed by atoms with Crippen molar-refractivity contribution in [2.45, 2.75) is 25.6 Å². The third kappa shape index (κ3) is 4.53. The Hall–Kier alpha value is -1.44. The predicted molar refractivity (Wildman–Crippen MR) is 83.8 cm³/mol. The topological polar surface area (TPSA) is 75.7 Å². The van der Waals surface area contributed by atoms with Crippen molar-refractivity contribution < 1.29 is 17.9 Å². The van der Waals surface area contributed by atoms with Crippen LogP contribution in [0.5, 0.6) is 0 Å². The lowest BCUT2D eigenvalue weighted by Crippen LogP contribution is -2.50. The molecule has 0 unspecified atom stereocenters. The molecule has 0 aliphatic carbocycles. The average Bonchev–Trinajstić information content (AvgIpc) is 2.49. The standard InChI is InChI=1S/C15H22N2O4S/c1-12-5-3-4-6-14(12)11-22(19,20)16-13(2)15(18)17-7-9-21-10-8-17/h3-6,13,16H,7-11H2,1-2H3/t13-/m0/s1. The van der Waals surface area contributed by atoms with Crippen molar-refractivity contribution in [1.82, 2.24) is 9.62 Å². The van der Waals surface area contributed by atoms with Crippen LogP contribution in [0.4, 0.5) is 0 Å². The molecule has 22 heavy (non-hydrogen) atoms. The van der Waals surface area contributed by atoms with Gasteiger partial charge < -0.3 is 9.64 Å². The molecule has 0 radical (unpaired) electrons. The van der Waals surface area contributed by atoms with Gasteiger partial charge in [0.05, 0.1) is 25.0 Å². The number of rotatable bonds is 5. The fourth-order valence-corrected chi connectivity index (χ4v) is 3.85. The second-order valence-electron chi connectivity index (χ2n) is 5.46. The minimum Gasteiger partial charge on any atom is -0.378 e. The van der Waals surface area contributed by atoms with Crippen LogP contribution in [0.1, 0.15) is 18.1 Å². The summed E-state index contributed by atoms with van der Waals surface area (Å²) in [6.45, 7) is 5.44. The number of nitrogens with one attached hydrogen (secondary N) is 1. The molecule has 1 saturated heterocycles. The molecule has 1 aliphatic heterocycles. The number of morpholine rings is 1. The predicted octanol–water partition coefficient (Wildman–Crippen LogP) is 0.662. The number of carbonyl (C=O) groups is 1. The maximum Gasteiger partial charge on any atom is 0.240 e. The zero-order valence-corrected chi connectivity index (χ0v) is 13.7. The Kier molecular flexibility index (Phi) is 5.55. The van der Waals surface area contributed by atoms with Crippen LogP contribution >= 0.6 is 0 Å². The van der Waals surface area contributed by atoms with Crippen molar-refractivity contribution in [2.24, 2.45) is 0 Å². The van der Waals surface area contributed by atoms with E-state index in [-0.39, 0.29) is 11.7 Å². The largest absolute Gasteiger partial charge is 0.378 e. The fraction of sp³-hybridized carbons (Fsp3) is 0.533. The quantitative estimate of drug-likeness (QED) is 0.862. The summed E-state index contributed by atoms with van der Waals surface area (Å²) in [7, 11) is -3.57. The lowest BCUT2D eigenvalue weighted by Gasteiger charge is -2.29. The molecule has 1 aromatic carbocycles. The highest BCUT2D eigenvalue weighted by Crippen LogP contribution is 2.11. The van der Waals surface area contributed by atoms with E-state index in [4.69, 9.17) is 4.74 Å². The number of hydrogen-bond acceptors (Lipinski definition) is 4. The monoisotopic (exact) mass is 326 g/mol. The van der Waals surface area contributed by atoms with Crippen LogP contribution in [0, 0.1) is 6.92 Å². The Balaban J connectivity index is 1.98. The summed E-state index contributed by atoms with van der Waals surface area (Å²) < 4.78 is 32.1. The van der Waals surface area contributed by atoms with Crippen molar-refractivity contribution >= 4 is 15.9 Å². The molecule has 7 heteroatoms. The summed E-state index contributed by atoms with van der Waals surface area (Å²) >= 11 is 0. The van der Waals surface area contributed by atoms with E-state index in [1.807, 2.05) is 19.1 Å². The Labute approximate surface area is 131 Å². The summed E-state index contributed by atoms with van der Waals surface area (Å²) in [5.74, 6) is -0.336. The molecule has 0 saturated carbocycles. The number of sulfonamides is 1. The summed E-state index contributed by atoms with van der Waals surface area (Å²) in [4.78, 5) is 13.9. The summed E-state index contributed by atoms with van der Waals surface area (Å²) in [5.41, 5.74) is 1.65. The first-order chi connectivity index (χ1) is 10.4. The van der Waals surface area contributed by atoms with E-state index in [2.05, 4.69) is 4.72 Å². The smallest absolute Gasteiger partial charge is 0.240 e. The first-order valence-corrected chi connectivity index (χ1v) is 8.95. The maximum atomic E-state index is 12.2. The van der Waals surface area contributed by atoms with E-state index in [0.29, 0.717) is 26.3 Å². The number of benzene rings is 1. The number of nitrogens with zero attached hydrogens (tertiary/aromatic N) is 1. The molecule has 0 spiro atoms. The molecule has 1 fully saturated rings. The molecule has 1 heterocycles. The normalized spacial score (nSPS) is 17.3. The fourth-order valence-electron chi connectivity index (χ4n) is 2.40. The first-order valence-electron chi connectivity index (χ1n) is 7.30. The van der Waals surface area contributed by atoms with Gasteiger partial charge >= 0.3 is 0 Å². The Morgan fingerprint density at radius 1 is 1.32 bits per heavy atom. The second kappa shape index (κ2) is 7.21. The molecule has 1 atom stereocenters. The molecule has 0 aromatic heterocycles. The van der Waals surface area contributed by atoms with Crippen molar-refractivity contribution in [2.75, 3.05) is 26.3 Å². The highest BCUT2D eigenvalue weighted by atomic mass is 32.2. The zero-order chi connectivity index (χ0) is 16.2. The molecule has 0 bridgehead atoms. The molecule has 2 rings (SSSR count). The minimum atomic E-state index is -3.57. The van der Waals surface area contributed by atoms with Crippen molar-refractivity contribution in [3.63, 3.8) is 0 Å². The van der Waals surface area contributed by atoms with Crippen LogP contribution in [0.3, 0.4) is 0 Å². The summed E-state index contributed by atoms with van der Waals surface area (Å²) in [5, 5.41) is 0. The SMILES string of the molecule is Cc1ccccc1CS(=O)(=O)N[C@@H](C)C(=O)N1CCOCC1. The third-order valence-corrected chi connectivity index (χ3v) is 5.06. The van der Waals surface area contributed by atoms with E-state index in [1.54, 1.807) is 24.0 Å². The number of aryl methyl sites for hydroxylation is 1. The number of carbonyl (C=O) groups excluding carboxylic acids is 1. The van der Waals surface area contributed by atoms with E-state index in [0.717, 1.165) is 11.1 Å². The van der Waals surface area contributed by atoms with Gasteiger partial charge in [0, 0.05) is 13.1 Å². The lowest BCUT2D eigenvalue weighted by molar-refractivity contribution is -0.136. The van der Waals surface area contributed by atoms with Gasteiger partial charge in [-0.3, -0.25) is 4.79 Å². The van der Waals surface area contributed by atoms with Gasteiger partial charge in [0.25, 0.3) is 0 Å². The van der Waals surface area contributed by atoms with Crippen LogP contribution in [0.2, 0.25) is 0 Å². The van der Waals surface area contributed by atoms with E-state index < -0.39 is 16.1 Å². The average molecular weight is 326 g/mol. The molecule has 1 amide bonds. The van der Waals surface area contributed by atoms with Gasteiger partial charge in [0.15, 0.2) is 0 Å². The highest BCUT2D eigenvalue weighted by molar-refractivity contribution is 7.88. The zero-order valence-electron chi connectivity index (χ0n) is 12.9. The van der Waals surface area contributed by atoms with E-state index in [9.17, 15) is 13.2 Å². The number of ether oxygens (including phenoxy) is 1. The molecular formula is C15H22N2O4S. The van der Waals surface area contributed by atoms with Crippen LogP contribution in [-0.2, 0) is 25.3 Å². The number of hydrogen-bond donors (Lipinski definition) is 1. The van der Waals surface area contributed by atoms with Crippen LogP contribution in [0.15, 0.2) is 24.3 Å². The highest BCUT2D eigenvalue weighted by Gasteiger charge is 2.26. The third-order valence-electron chi connectivity index (χ3n) is 3.66. The summed E-state index contributed by atoms with van der Waals surface area (Å²) in [6, 6.07) is 6.55. The Morgan fingerprint density at radius 2 is 1.95 bits per heavy atom. The summed E-state index contributed by atoms with van der Waals surface area (Å²) in [6.07, 6.45) is 0. The first kappa shape index (κ1) is 16.9. The maximum absolute atomic E-state index is 12.2. The van der Waals surface area contributed by atoms with Crippen molar-refractivity contribution in [3.05, 3.63) is 35.4 Å². The molecular weight excluding hydrogens is 304 g/mol.